The molecule has 0 saturated carbocycles. The summed E-state index contributed by atoms with van der Waals surface area (Å²) in [6.45, 7) is 2.36. The molecule has 1 aromatic carbocycles. The van der Waals surface area contributed by atoms with E-state index >= 15 is 0 Å². The highest BCUT2D eigenvalue weighted by Crippen LogP contribution is 2.41. The van der Waals surface area contributed by atoms with Crippen molar-refractivity contribution in [2.45, 2.75) is 44.1 Å². The Balaban J connectivity index is 1.85. The monoisotopic (exact) mass is 428 g/mol. The first-order valence-electron chi connectivity index (χ1n) is 10.3. The number of hydrogen-bond donors (Lipinski definition) is 3. The molecule has 0 bridgehead atoms. The van der Waals surface area contributed by atoms with E-state index in [2.05, 4.69) is 10.6 Å². The Hall–Kier alpha value is -3.13. The number of carbonyl (C=O) groups excluding carboxylic acids is 2. The summed E-state index contributed by atoms with van der Waals surface area (Å²) < 4.78 is 11.2. The Morgan fingerprint density at radius 3 is 2.52 bits per heavy atom. The van der Waals surface area contributed by atoms with Gasteiger partial charge in [0.15, 0.2) is 5.76 Å². The molecule has 8 nitrogen and oxygen atoms in total. The van der Waals surface area contributed by atoms with Crippen LogP contribution in [0.2, 0.25) is 0 Å². The van der Waals surface area contributed by atoms with E-state index in [0.29, 0.717) is 38.2 Å². The van der Waals surface area contributed by atoms with E-state index in [9.17, 15) is 19.5 Å². The van der Waals surface area contributed by atoms with E-state index in [-0.39, 0.29) is 24.0 Å². The number of nitrogens with one attached hydrogen (secondary N) is 2. The van der Waals surface area contributed by atoms with Crippen molar-refractivity contribution < 1.29 is 23.8 Å². The molecule has 1 aliphatic rings. The molecule has 1 aromatic heterocycles. The second-order valence-electron chi connectivity index (χ2n) is 7.89. The van der Waals surface area contributed by atoms with Gasteiger partial charge < -0.3 is 24.9 Å². The summed E-state index contributed by atoms with van der Waals surface area (Å²) in [5, 5.41) is 15.8. The molecule has 0 aliphatic carbocycles. The summed E-state index contributed by atoms with van der Waals surface area (Å²) in [6.07, 6.45) is 1.11. The molecule has 1 aliphatic heterocycles. The minimum atomic E-state index is -0.891. The van der Waals surface area contributed by atoms with E-state index in [1.807, 2.05) is 30.3 Å². The predicted molar refractivity (Wildman–Crippen MR) is 114 cm³/mol. The van der Waals surface area contributed by atoms with Gasteiger partial charge in [-0.3, -0.25) is 14.4 Å². The molecule has 31 heavy (non-hydrogen) atoms. The van der Waals surface area contributed by atoms with E-state index in [1.165, 1.54) is 13.1 Å². The molecule has 1 fully saturated rings. The Morgan fingerprint density at radius 1 is 1.19 bits per heavy atom. The molecule has 1 unspecified atom stereocenters. The highest BCUT2D eigenvalue weighted by Gasteiger charge is 2.42. The van der Waals surface area contributed by atoms with E-state index in [1.54, 1.807) is 6.92 Å². The number of aryl methyl sites for hydroxylation is 1. The van der Waals surface area contributed by atoms with Gasteiger partial charge in [-0.1, -0.05) is 30.3 Å². The van der Waals surface area contributed by atoms with E-state index in [0.717, 1.165) is 5.56 Å². The van der Waals surface area contributed by atoms with Crippen LogP contribution in [-0.2, 0) is 26.2 Å². The number of carbonyl (C=O) groups is 2. The van der Waals surface area contributed by atoms with Crippen molar-refractivity contribution >= 4 is 11.8 Å². The van der Waals surface area contributed by atoms with Crippen LogP contribution >= 0.6 is 0 Å². The normalized spacial score (nSPS) is 16.3. The number of hydrogen-bond acceptors (Lipinski definition) is 6. The van der Waals surface area contributed by atoms with Crippen LogP contribution in [0.5, 0.6) is 5.75 Å². The lowest BCUT2D eigenvalue weighted by Crippen LogP contribution is -2.49. The summed E-state index contributed by atoms with van der Waals surface area (Å²) >= 11 is 0. The van der Waals surface area contributed by atoms with Crippen molar-refractivity contribution in [2.75, 3.05) is 20.3 Å². The SMILES string of the molecule is CNC(=O)C(Cc1ccccc1)NC(=O)CC1(c2oc(C)cc(=O)c2O)CCOCC1. The second kappa shape index (κ2) is 9.78. The topological polar surface area (TPSA) is 118 Å². The van der Waals surface area contributed by atoms with Gasteiger partial charge in [-0.05, 0) is 25.3 Å². The lowest BCUT2D eigenvalue weighted by atomic mass is 9.74. The van der Waals surface area contributed by atoms with Crippen molar-refractivity contribution in [1.29, 1.82) is 0 Å². The van der Waals surface area contributed by atoms with Crippen LogP contribution in [0.3, 0.4) is 0 Å². The van der Waals surface area contributed by atoms with Gasteiger partial charge in [0.1, 0.15) is 11.8 Å². The Labute approximate surface area is 180 Å². The first kappa shape index (κ1) is 22.6. The molecule has 1 saturated heterocycles. The zero-order valence-corrected chi connectivity index (χ0v) is 17.8. The van der Waals surface area contributed by atoms with Crippen LogP contribution in [0.4, 0.5) is 0 Å². The first-order valence-corrected chi connectivity index (χ1v) is 10.3. The lowest BCUT2D eigenvalue weighted by Gasteiger charge is -2.36. The molecule has 8 heteroatoms. The van der Waals surface area contributed by atoms with Crippen molar-refractivity contribution in [3.8, 4) is 5.75 Å². The third kappa shape index (κ3) is 5.32. The number of aromatic hydroxyl groups is 1. The van der Waals surface area contributed by atoms with Crippen LogP contribution in [0.25, 0.3) is 0 Å². The Bertz CT molecular complexity index is 979. The fraction of sp³-hybridized carbons (Fsp3) is 0.435. The molecule has 2 heterocycles. The number of rotatable bonds is 7. The third-order valence-corrected chi connectivity index (χ3v) is 5.66. The fourth-order valence-electron chi connectivity index (χ4n) is 4.00. The minimum Gasteiger partial charge on any atom is -0.502 e. The number of benzene rings is 1. The average molecular weight is 428 g/mol. The Kier molecular flexibility index (Phi) is 7.12. The van der Waals surface area contributed by atoms with Gasteiger partial charge in [-0.15, -0.1) is 0 Å². The smallest absolute Gasteiger partial charge is 0.242 e. The quantitative estimate of drug-likeness (QED) is 0.616. The maximum absolute atomic E-state index is 13.1. The van der Waals surface area contributed by atoms with Gasteiger partial charge in [-0.2, -0.15) is 0 Å². The molecule has 3 N–H and O–H groups in total. The average Bonchev–Trinajstić information content (AvgIpc) is 2.76. The van der Waals surface area contributed by atoms with Crippen molar-refractivity contribution in [1.82, 2.24) is 10.6 Å². The summed E-state index contributed by atoms with van der Waals surface area (Å²) in [5.41, 5.74) is -0.519. The highest BCUT2D eigenvalue weighted by molar-refractivity contribution is 5.88. The number of ether oxygens (including phenoxy) is 1. The van der Waals surface area contributed by atoms with Gasteiger partial charge >= 0.3 is 0 Å². The lowest BCUT2D eigenvalue weighted by molar-refractivity contribution is -0.130. The second-order valence-corrected chi connectivity index (χ2v) is 7.89. The summed E-state index contributed by atoms with van der Waals surface area (Å²) in [7, 11) is 1.52. The van der Waals surface area contributed by atoms with Gasteiger partial charge in [-0.25, -0.2) is 0 Å². The van der Waals surface area contributed by atoms with Gasteiger partial charge in [0.25, 0.3) is 0 Å². The summed E-state index contributed by atoms with van der Waals surface area (Å²) in [4.78, 5) is 37.6. The van der Waals surface area contributed by atoms with Crippen molar-refractivity contribution in [2.24, 2.45) is 0 Å². The van der Waals surface area contributed by atoms with Crippen LogP contribution in [0, 0.1) is 6.92 Å². The predicted octanol–water partition coefficient (Wildman–Crippen LogP) is 1.57. The molecular formula is C23H28N2O6. The molecule has 1 atom stereocenters. The fourth-order valence-corrected chi connectivity index (χ4v) is 4.00. The van der Waals surface area contributed by atoms with E-state index < -0.39 is 22.6 Å². The highest BCUT2D eigenvalue weighted by atomic mass is 16.5. The van der Waals surface area contributed by atoms with Crippen molar-refractivity contribution in [3.05, 3.63) is 63.7 Å². The number of likely N-dealkylation sites (N-methyl/N-ethyl adjacent to an activating group) is 1. The van der Waals surface area contributed by atoms with Crippen LogP contribution in [0.1, 0.15) is 36.3 Å². The zero-order chi connectivity index (χ0) is 22.4. The maximum atomic E-state index is 13.1. The molecule has 0 radical (unpaired) electrons. The molecule has 0 spiro atoms. The minimum absolute atomic E-state index is 0.0431. The number of amides is 2. The molecule has 166 valence electrons. The Morgan fingerprint density at radius 2 is 1.87 bits per heavy atom. The largest absolute Gasteiger partial charge is 0.502 e. The van der Waals surface area contributed by atoms with Crippen LogP contribution < -0.4 is 16.1 Å². The summed E-state index contributed by atoms with van der Waals surface area (Å²) in [5.74, 6) is -0.683. The maximum Gasteiger partial charge on any atom is 0.242 e. The molecule has 2 aromatic rings. The van der Waals surface area contributed by atoms with Gasteiger partial charge in [0.05, 0.1) is 0 Å². The van der Waals surface area contributed by atoms with Crippen LogP contribution in [0.15, 0.2) is 45.6 Å². The van der Waals surface area contributed by atoms with Gasteiger partial charge in [0.2, 0.25) is 23.0 Å². The molecule has 2 amide bonds. The molecule has 3 rings (SSSR count). The summed E-state index contributed by atoms with van der Waals surface area (Å²) in [6, 6.07) is 9.87. The van der Waals surface area contributed by atoms with E-state index in [4.69, 9.17) is 9.15 Å². The zero-order valence-electron chi connectivity index (χ0n) is 17.8. The standard InChI is InChI=1S/C23H28N2O6/c1-15-12-18(26)20(28)21(31-15)23(8-10-30-11-9-23)14-19(27)25-17(22(29)24-2)13-16-6-4-3-5-7-16/h3-7,12,17,28H,8-11,13-14H2,1-2H3,(H,24,29)(H,25,27). The van der Waals surface area contributed by atoms with Gasteiger partial charge in [0, 0.05) is 44.6 Å². The third-order valence-electron chi connectivity index (χ3n) is 5.66. The molecular weight excluding hydrogens is 400 g/mol. The first-order chi connectivity index (χ1) is 14.8. The van der Waals surface area contributed by atoms with Crippen molar-refractivity contribution in [3.63, 3.8) is 0 Å². The van der Waals surface area contributed by atoms with Crippen LogP contribution in [-0.4, -0.2) is 43.2 Å².